The van der Waals surface area contributed by atoms with E-state index in [1.807, 2.05) is 20.0 Å². The van der Waals surface area contributed by atoms with Crippen LogP contribution in [0.25, 0.3) is 0 Å². The number of nitrogens with one attached hydrogen (secondary N) is 1. The van der Waals surface area contributed by atoms with Gasteiger partial charge in [0.1, 0.15) is 5.75 Å². The molecule has 2 aliphatic heterocycles. The van der Waals surface area contributed by atoms with Gasteiger partial charge in [-0.2, -0.15) is 0 Å². The summed E-state index contributed by atoms with van der Waals surface area (Å²) in [6, 6.07) is 13.0. The van der Waals surface area contributed by atoms with Crippen molar-refractivity contribution in [1.82, 2.24) is 15.2 Å². The minimum absolute atomic E-state index is 0.222. The first kappa shape index (κ1) is 22.3. The molecule has 31 heavy (non-hydrogen) atoms. The van der Waals surface area contributed by atoms with Crippen LogP contribution < -0.4 is 10.1 Å². The van der Waals surface area contributed by atoms with Gasteiger partial charge in [0.25, 0.3) is 0 Å². The Hall–Kier alpha value is -1.95. The first-order chi connectivity index (χ1) is 15.3. The quantitative estimate of drug-likeness (QED) is 0.702. The molecule has 1 aromatic carbocycles. The average Bonchev–Trinajstić information content (AvgIpc) is 2.76. The highest BCUT2D eigenvalue weighted by Crippen LogP contribution is 2.47. The second-order valence-corrected chi connectivity index (χ2v) is 9.01. The summed E-state index contributed by atoms with van der Waals surface area (Å²) >= 11 is 0. The number of fused-ring (bicyclic) bond motifs is 1. The monoisotopic (exact) mass is 423 g/mol. The normalized spacial score (nSPS) is 22.0. The zero-order chi connectivity index (χ0) is 21.7. The van der Waals surface area contributed by atoms with Crippen LogP contribution in [0.2, 0.25) is 0 Å². The predicted octanol–water partition coefficient (Wildman–Crippen LogP) is 4.11. The average molecular weight is 424 g/mol. The van der Waals surface area contributed by atoms with E-state index >= 15 is 0 Å². The highest BCUT2D eigenvalue weighted by Gasteiger charge is 2.50. The molecule has 1 atom stereocenters. The number of nitrogens with zero attached hydrogens (tertiary/aromatic N) is 2. The smallest absolute Gasteiger partial charge is 0.127 e. The summed E-state index contributed by atoms with van der Waals surface area (Å²) in [5.74, 6) is 1.02. The highest BCUT2D eigenvalue weighted by molar-refractivity contribution is 5.41. The van der Waals surface area contributed by atoms with Crippen molar-refractivity contribution >= 4 is 0 Å². The van der Waals surface area contributed by atoms with E-state index in [1.165, 1.54) is 16.8 Å². The molecule has 0 bridgehead atoms. The maximum absolute atomic E-state index is 9.50. The fraction of sp³-hybridized carbons (Fsp3) is 0.577. The Balaban J connectivity index is 0.00000112. The molecule has 5 rings (SSSR count). The summed E-state index contributed by atoms with van der Waals surface area (Å²) < 4.78 is 6.53. The second-order valence-electron chi connectivity index (χ2n) is 9.01. The zero-order valence-corrected chi connectivity index (χ0v) is 19.0. The Bertz CT molecular complexity index is 830. The Morgan fingerprint density at radius 1 is 1.16 bits per heavy atom. The summed E-state index contributed by atoms with van der Waals surface area (Å²) in [4.78, 5) is 7.25. The topological polar surface area (TPSA) is 57.6 Å². The maximum Gasteiger partial charge on any atom is 0.127 e. The summed E-state index contributed by atoms with van der Waals surface area (Å²) in [5, 5.41) is 12.9. The lowest BCUT2D eigenvalue weighted by Crippen LogP contribution is -2.62. The number of hydrogen-bond acceptors (Lipinski definition) is 5. The van der Waals surface area contributed by atoms with Crippen LogP contribution in [0.5, 0.6) is 5.75 Å². The van der Waals surface area contributed by atoms with Gasteiger partial charge in [0.2, 0.25) is 0 Å². The molecule has 1 spiro atoms. The van der Waals surface area contributed by atoms with E-state index in [-0.39, 0.29) is 12.6 Å². The molecular formula is C26H37N3O2. The molecule has 3 heterocycles. The number of ether oxygens (including phenoxy) is 1. The van der Waals surface area contributed by atoms with Gasteiger partial charge in [-0.25, -0.2) is 0 Å². The van der Waals surface area contributed by atoms with Gasteiger partial charge in [0, 0.05) is 62.4 Å². The molecular weight excluding hydrogens is 386 g/mol. The van der Waals surface area contributed by atoms with Gasteiger partial charge in [-0.3, -0.25) is 9.88 Å². The molecule has 1 unspecified atom stereocenters. The van der Waals surface area contributed by atoms with Crippen molar-refractivity contribution in [3.63, 3.8) is 0 Å². The fourth-order valence-electron chi connectivity index (χ4n) is 5.30. The first-order valence-electron chi connectivity index (χ1n) is 12.0. The van der Waals surface area contributed by atoms with Crippen molar-refractivity contribution in [3.05, 3.63) is 59.4 Å². The van der Waals surface area contributed by atoms with E-state index < -0.39 is 0 Å². The van der Waals surface area contributed by atoms with Crippen LogP contribution in [0.15, 0.2) is 42.6 Å². The lowest BCUT2D eigenvalue weighted by atomic mass is 9.63. The molecule has 1 aromatic heterocycles. The molecule has 3 aliphatic rings. The number of aromatic nitrogens is 1. The Labute approximate surface area is 186 Å². The molecule has 1 saturated heterocycles. The third kappa shape index (κ3) is 4.79. The fourth-order valence-corrected chi connectivity index (χ4v) is 5.30. The number of hydrogen-bond donors (Lipinski definition) is 2. The summed E-state index contributed by atoms with van der Waals surface area (Å²) in [6.45, 7) is 8.42. The molecule has 2 aromatic rings. The van der Waals surface area contributed by atoms with Gasteiger partial charge in [-0.05, 0) is 37.3 Å². The largest absolute Gasteiger partial charge is 0.490 e. The first-order valence-corrected chi connectivity index (χ1v) is 12.0. The van der Waals surface area contributed by atoms with Crippen molar-refractivity contribution in [1.29, 1.82) is 0 Å². The molecule has 0 radical (unpaired) electrons. The maximum atomic E-state index is 9.50. The van der Waals surface area contributed by atoms with Gasteiger partial charge in [0.15, 0.2) is 0 Å². The van der Waals surface area contributed by atoms with E-state index in [4.69, 9.17) is 9.72 Å². The zero-order valence-electron chi connectivity index (χ0n) is 19.0. The van der Waals surface area contributed by atoms with Gasteiger partial charge < -0.3 is 15.2 Å². The standard InChI is InChI=1S/C24H31N3O2.C2H6/c28-12-4-7-21-23-20(9-11-27(21)15-18-5-2-1-3-6-18)26-10-8-22(23)29-19-13-24(14-19)16-25-17-24;1-2/h1-3,5-6,8,10,19,21,25,28H,4,7,9,11-17H2;1-2H3. The second kappa shape index (κ2) is 10.1. The van der Waals surface area contributed by atoms with Crippen LogP contribution in [0.4, 0.5) is 0 Å². The molecule has 168 valence electrons. The van der Waals surface area contributed by atoms with Crippen molar-refractivity contribution in [2.75, 3.05) is 26.2 Å². The third-order valence-corrected chi connectivity index (χ3v) is 6.92. The summed E-state index contributed by atoms with van der Waals surface area (Å²) in [7, 11) is 0. The van der Waals surface area contributed by atoms with E-state index in [0.29, 0.717) is 11.5 Å². The van der Waals surface area contributed by atoms with Crippen LogP contribution in [0, 0.1) is 5.41 Å². The number of benzene rings is 1. The van der Waals surface area contributed by atoms with Crippen LogP contribution in [-0.4, -0.2) is 47.3 Å². The van der Waals surface area contributed by atoms with Crippen LogP contribution in [0.1, 0.15) is 62.4 Å². The summed E-state index contributed by atoms with van der Waals surface area (Å²) in [5.41, 5.74) is 4.27. The van der Waals surface area contributed by atoms with Gasteiger partial charge in [-0.1, -0.05) is 44.2 Å². The van der Waals surface area contributed by atoms with Crippen LogP contribution in [-0.2, 0) is 13.0 Å². The molecule has 0 amide bonds. The Kier molecular flexibility index (Phi) is 7.26. The molecule has 5 nitrogen and oxygen atoms in total. The van der Waals surface area contributed by atoms with Crippen molar-refractivity contribution in [2.45, 2.75) is 64.6 Å². The minimum Gasteiger partial charge on any atom is -0.490 e. The van der Waals surface area contributed by atoms with Crippen LogP contribution >= 0.6 is 0 Å². The van der Waals surface area contributed by atoms with Gasteiger partial charge in [0.05, 0.1) is 11.8 Å². The van der Waals surface area contributed by atoms with E-state index in [2.05, 4.69) is 46.6 Å². The molecule has 1 saturated carbocycles. The third-order valence-electron chi connectivity index (χ3n) is 6.92. The number of rotatable bonds is 7. The SMILES string of the molecule is CC.OCCCC1c2c(OC3CC4(CNC4)C3)ccnc2CCN1Cc1ccccc1. The molecule has 2 N–H and O–H groups in total. The number of aliphatic hydroxyl groups excluding tert-OH is 1. The summed E-state index contributed by atoms with van der Waals surface area (Å²) in [6.07, 6.45) is 7.22. The molecule has 5 heteroatoms. The van der Waals surface area contributed by atoms with Crippen molar-refractivity contribution in [2.24, 2.45) is 5.41 Å². The van der Waals surface area contributed by atoms with E-state index in [0.717, 1.165) is 64.0 Å². The van der Waals surface area contributed by atoms with E-state index in [1.54, 1.807) is 0 Å². The van der Waals surface area contributed by atoms with Crippen molar-refractivity contribution in [3.8, 4) is 5.75 Å². The van der Waals surface area contributed by atoms with E-state index in [9.17, 15) is 5.11 Å². The number of aliphatic hydroxyl groups is 1. The Morgan fingerprint density at radius 3 is 2.61 bits per heavy atom. The van der Waals surface area contributed by atoms with Gasteiger partial charge >= 0.3 is 0 Å². The van der Waals surface area contributed by atoms with Crippen molar-refractivity contribution < 1.29 is 9.84 Å². The predicted molar refractivity (Wildman–Crippen MR) is 124 cm³/mol. The lowest BCUT2D eigenvalue weighted by molar-refractivity contribution is -0.0506. The number of pyridine rings is 1. The highest BCUT2D eigenvalue weighted by atomic mass is 16.5. The van der Waals surface area contributed by atoms with Gasteiger partial charge in [-0.15, -0.1) is 0 Å². The molecule has 2 fully saturated rings. The van der Waals surface area contributed by atoms with Crippen LogP contribution in [0.3, 0.4) is 0 Å². The Morgan fingerprint density at radius 2 is 1.94 bits per heavy atom. The minimum atomic E-state index is 0.222. The molecule has 1 aliphatic carbocycles. The lowest BCUT2D eigenvalue weighted by Gasteiger charge is -2.54.